The van der Waals surface area contributed by atoms with E-state index in [1.165, 1.54) is 35.0 Å². The molecule has 0 spiro atoms. The van der Waals surface area contributed by atoms with Gasteiger partial charge in [0.1, 0.15) is 11.3 Å². The maximum absolute atomic E-state index is 13.4. The summed E-state index contributed by atoms with van der Waals surface area (Å²) in [5.41, 5.74) is 4.42. The van der Waals surface area contributed by atoms with Gasteiger partial charge in [-0.25, -0.2) is 0 Å². The Labute approximate surface area is 266 Å². The lowest BCUT2D eigenvalue weighted by Gasteiger charge is -2.34. The van der Waals surface area contributed by atoms with E-state index in [9.17, 15) is 19.5 Å². The highest BCUT2D eigenvalue weighted by Gasteiger charge is 2.23. The average Bonchev–Trinajstić information content (AvgIpc) is 3.04. The molecule has 1 atom stereocenters. The molecule has 0 saturated carbocycles. The molecule has 2 saturated heterocycles. The molecule has 6 rings (SSSR count). The number of nitrogens with one attached hydrogen (secondary N) is 1. The van der Waals surface area contributed by atoms with Crippen LogP contribution in [0.5, 0.6) is 5.75 Å². The fraction of sp³-hybridized carbons (Fsp3) is 0.306. The number of rotatable bonds is 8. The van der Waals surface area contributed by atoms with Crippen molar-refractivity contribution < 1.29 is 19.1 Å². The average molecular weight is 626 g/mol. The van der Waals surface area contributed by atoms with Crippen molar-refractivity contribution >= 4 is 40.1 Å². The molecule has 0 bridgehead atoms. The highest BCUT2D eigenvalue weighted by molar-refractivity contribution is 6.30. The van der Waals surface area contributed by atoms with Crippen LogP contribution >= 0.6 is 11.6 Å². The van der Waals surface area contributed by atoms with Crippen LogP contribution in [-0.4, -0.2) is 47.5 Å². The number of hydrogen-bond donors (Lipinski definition) is 2. The van der Waals surface area contributed by atoms with E-state index in [-0.39, 0.29) is 34.4 Å². The highest BCUT2D eigenvalue weighted by Crippen LogP contribution is 2.29. The van der Waals surface area contributed by atoms with Crippen molar-refractivity contribution in [1.82, 2.24) is 10.2 Å². The van der Waals surface area contributed by atoms with Gasteiger partial charge in [0.15, 0.2) is 11.2 Å². The third kappa shape index (κ3) is 7.40. The number of halogens is 1. The largest absolute Gasteiger partial charge is 0.508 e. The monoisotopic (exact) mass is 625 g/mol. The zero-order valence-corrected chi connectivity index (χ0v) is 25.8. The zero-order chi connectivity index (χ0) is 31.3. The van der Waals surface area contributed by atoms with Crippen LogP contribution < -0.4 is 15.6 Å². The summed E-state index contributed by atoms with van der Waals surface area (Å²) in [5.74, 6) is -0.392. The number of nitrogens with zero attached hydrogens (tertiary/aromatic N) is 2. The Morgan fingerprint density at radius 1 is 0.956 bits per heavy atom. The number of hydrogen-bond acceptors (Lipinski definition) is 6. The van der Waals surface area contributed by atoms with E-state index < -0.39 is 11.3 Å². The van der Waals surface area contributed by atoms with Crippen molar-refractivity contribution in [3.05, 3.63) is 117 Å². The minimum Gasteiger partial charge on any atom is -0.508 e. The molecule has 8 nitrogen and oxygen atoms in total. The minimum atomic E-state index is -0.489. The first kappa shape index (κ1) is 30.5. The van der Waals surface area contributed by atoms with E-state index in [1.54, 1.807) is 0 Å². The van der Waals surface area contributed by atoms with E-state index >= 15 is 0 Å². The number of likely N-dealkylation sites (tertiary alicyclic amines) is 1. The van der Waals surface area contributed by atoms with Crippen molar-refractivity contribution in [3.8, 4) is 5.75 Å². The topological polar surface area (TPSA) is 103 Å². The van der Waals surface area contributed by atoms with Gasteiger partial charge >= 0.3 is 0 Å². The van der Waals surface area contributed by atoms with Gasteiger partial charge in [0, 0.05) is 49.4 Å². The van der Waals surface area contributed by atoms with Crippen molar-refractivity contribution in [2.24, 2.45) is 0 Å². The van der Waals surface area contributed by atoms with Crippen LogP contribution in [0.3, 0.4) is 0 Å². The number of amides is 2. The second kappa shape index (κ2) is 13.6. The predicted molar refractivity (Wildman–Crippen MR) is 176 cm³/mol. The van der Waals surface area contributed by atoms with Gasteiger partial charge in [0.25, 0.3) is 5.91 Å². The normalized spacial score (nSPS) is 16.1. The van der Waals surface area contributed by atoms with Crippen molar-refractivity contribution in [1.29, 1.82) is 0 Å². The predicted octanol–water partition coefficient (Wildman–Crippen LogP) is 6.23. The third-order valence-electron chi connectivity index (χ3n) is 8.58. The number of benzene rings is 3. The molecule has 2 fully saturated rings. The van der Waals surface area contributed by atoms with Crippen LogP contribution in [0.4, 0.5) is 5.69 Å². The number of carbonyl (C=O) groups excluding carboxylic acids is 2. The maximum atomic E-state index is 13.4. The van der Waals surface area contributed by atoms with Crippen LogP contribution in [0.2, 0.25) is 5.02 Å². The molecule has 2 aliphatic heterocycles. The van der Waals surface area contributed by atoms with E-state index in [0.29, 0.717) is 24.4 Å². The van der Waals surface area contributed by atoms with Gasteiger partial charge in [-0.15, -0.1) is 0 Å². The second-order valence-electron chi connectivity index (χ2n) is 11.8. The first-order valence-electron chi connectivity index (χ1n) is 15.4. The Morgan fingerprint density at radius 3 is 2.51 bits per heavy atom. The summed E-state index contributed by atoms with van der Waals surface area (Å²) < 4.78 is 5.76. The van der Waals surface area contributed by atoms with Crippen molar-refractivity contribution in [3.63, 3.8) is 0 Å². The molecule has 4 aromatic rings. The quantitative estimate of drug-likeness (QED) is 0.225. The van der Waals surface area contributed by atoms with Crippen LogP contribution in [-0.2, 0) is 17.8 Å². The Bertz CT molecular complexity index is 1790. The molecule has 45 heavy (non-hydrogen) atoms. The molecule has 2 aliphatic rings. The molecule has 232 valence electrons. The summed E-state index contributed by atoms with van der Waals surface area (Å²) in [6.45, 7) is 3.10. The zero-order valence-electron chi connectivity index (χ0n) is 25.0. The van der Waals surface area contributed by atoms with Gasteiger partial charge < -0.3 is 24.6 Å². The van der Waals surface area contributed by atoms with Gasteiger partial charge in [-0.2, -0.15) is 0 Å². The van der Waals surface area contributed by atoms with Gasteiger partial charge in [-0.3, -0.25) is 14.4 Å². The third-order valence-corrected chi connectivity index (χ3v) is 8.83. The maximum Gasteiger partial charge on any atom is 0.287 e. The van der Waals surface area contributed by atoms with Crippen LogP contribution in [0.1, 0.15) is 53.8 Å². The SMILES string of the molecule is O=C(N[C@H](C=C1CCN(c2ccccc2CN2CCCCC2=O)CC1)Cc1ccc(Cl)cc1)c1cc(=O)c2cc(O)ccc2o1. The molecule has 0 unspecified atom stereocenters. The molecule has 1 aromatic heterocycles. The Morgan fingerprint density at radius 2 is 1.73 bits per heavy atom. The first-order chi connectivity index (χ1) is 21.8. The van der Waals surface area contributed by atoms with E-state index in [4.69, 9.17) is 16.0 Å². The number of carbonyl (C=O) groups is 2. The van der Waals surface area contributed by atoms with Crippen LogP contribution in [0, 0.1) is 0 Å². The van der Waals surface area contributed by atoms with Gasteiger partial charge in [0.05, 0.1) is 11.4 Å². The van der Waals surface area contributed by atoms with Crippen LogP contribution in [0.15, 0.2) is 93.7 Å². The highest BCUT2D eigenvalue weighted by atomic mass is 35.5. The summed E-state index contributed by atoms with van der Waals surface area (Å²) in [7, 11) is 0. The van der Waals surface area contributed by atoms with Gasteiger partial charge in [0.2, 0.25) is 5.91 Å². The molecule has 0 aliphatic carbocycles. The molecule has 3 aromatic carbocycles. The molecular formula is C36H36ClN3O5. The number of phenolic OH excluding ortho intramolecular Hbond substituents is 1. The summed E-state index contributed by atoms with van der Waals surface area (Å²) >= 11 is 6.11. The van der Waals surface area contributed by atoms with Crippen LogP contribution in [0.25, 0.3) is 11.0 Å². The first-order valence-corrected chi connectivity index (χ1v) is 15.8. The molecule has 9 heteroatoms. The second-order valence-corrected chi connectivity index (χ2v) is 12.2. The number of aromatic hydroxyl groups is 1. The Balaban J connectivity index is 1.18. The van der Waals surface area contributed by atoms with Gasteiger partial charge in [-0.05, 0) is 79.6 Å². The van der Waals surface area contributed by atoms with Crippen molar-refractivity contribution in [2.75, 3.05) is 24.5 Å². The van der Waals surface area contributed by atoms with E-state index in [0.717, 1.165) is 56.9 Å². The minimum absolute atomic E-state index is 0.0479. The summed E-state index contributed by atoms with van der Waals surface area (Å²) in [6.07, 6.45) is 6.98. The molecule has 0 radical (unpaired) electrons. The lowest BCUT2D eigenvalue weighted by Crippen LogP contribution is -2.37. The fourth-order valence-electron chi connectivity index (χ4n) is 6.20. The lowest BCUT2D eigenvalue weighted by molar-refractivity contribution is -0.133. The molecular weight excluding hydrogens is 590 g/mol. The number of anilines is 1. The molecule has 2 amide bonds. The summed E-state index contributed by atoms with van der Waals surface area (Å²) in [6, 6.07) is 20.9. The van der Waals surface area contributed by atoms with Gasteiger partial charge in [-0.1, -0.05) is 53.6 Å². The Kier molecular flexibility index (Phi) is 9.21. The number of piperidine rings is 2. The Hall–Kier alpha value is -4.56. The van der Waals surface area contributed by atoms with E-state index in [2.05, 4.69) is 28.4 Å². The molecule has 2 N–H and O–H groups in total. The number of phenols is 1. The van der Waals surface area contributed by atoms with E-state index in [1.807, 2.05) is 41.3 Å². The molecule has 3 heterocycles. The van der Waals surface area contributed by atoms with Crippen molar-refractivity contribution in [2.45, 2.75) is 51.1 Å². The summed E-state index contributed by atoms with van der Waals surface area (Å²) in [4.78, 5) is 42.9. The standard InChI is InChI=1S/C36H36ClN3O5/c37-27-10-8-24(9-11-27)19-28(38-36(44)34-22-32(42)30-21-29(41)12-13-33(30)45-34)20-25-14-17-39(18-15-25)31-6-2-1-5-26(31)23-40-16-4-3-7-35(40)43/h1-2,5-6,8-13,20-22,28,41H,3-4,7,14-19,23H2,(H,38,44)/t28-/m0/s1. The smallest absolute Gasteiger partial charge is 0.287 e. The number of fused-ring (bicyclic) bond motifs is 1. The fourth-order valence-corrected chi connectivity index (χ4v) is 6.32. The summed E-state index contributed by atoms with van der Waals surface area (Å²) in [5, 5.41) is 13.7. The lowest BCUT2D eigenvalue weighted by atomic mass is 9.97. The number of para-hydroxylation sites is 1.